The molecule has 13 heavy (non-hydrogen) atoms. The van der Waals surface area contributed by atoms with Crippen LogP contribution in [0.4, 0.5) is 0 Å². The maximum Gasteiger partial charge on any atom is 0.0953 e. The van der Waals surface area contributed by atoms with Gasteiger partial charge in [-0.2, -0.15) is 0 Å². The van der Waals surface area contributed by atoms with Crippen molar-refractivity contribution in [2.45, 2.75) is 32.9 Å². The van der Waals surface area contributed by atoms with E-state index in [1.54, 1.807) is 25.5 Å². The van der Waals surface area contributed by atoms with Crippen molar-refractivity contribution in [3.05, 3.63) is 24.3 Å². The molecule has 1 rings (SSSR count). The summed E-state index contributed by atoms with van der Waals surface area (Å²) >= 11 is 0. The Kier molecular flexibility index (Phi) is 3.25. The van der Waals surface area contributed by atoms with E-state index in [0.717, 1.165) is 5.69 Å². The smallest absolute Gasteiger partial charge is 0.0953 e. The van der Waals surface area contributed by atoms with Crippen molar-refractivity contribution in [1.29, 1.82) is 0 Å². The summed E-state index contributed by atoms with van der Waals surface area (Å²) in [6, 6.07) is 0.399. The van der Waals surface area contributed by atoms with E-state index in [-0.39, 0.29) is 0 Å². The van der Waals surface area contributed by atoms with Crippen molar-refractivity contribution in [2.75, 3.05) is 0 Å². The molecule has 0 aliphatic rings. The minimum Gasteiger partial charge on any atom is -0.389 e. The van der Waals surface area contributed by atoms with Crippen LogP contribution < -0.4 is 0 Å². The second-order valence-electron chi connectivity index (χ2n) is 3.42. The van der Waals surface area contributed by atoms with Crippen molar-refractivity contribution in [3.63, 3.8) is 0 Å². The van der Waals surface area contributed by atoms with Gasteiger partial charge in [0.2, 0.25) is 0 Å². The summed E-state index contributed by atoms with van der Waals surface area (Å²) in [6.07, 6.45) is 6.81. The highest BCUT2D eigenvalue weighted by Crippen LogP contribution is 2.10. The van der Waals surface area contributed by atoms with Gasteiger partial charge in [0.25, 0.3) is 0 Å². The zero-order chi connectivity index (χ0) is 9.84. The van der Waals surface area contributed by atoms with Crippen LogP contribution in [-0.4, -0.2) is 20.8 Å². The summed E-state index contributed by atoms with van der Waals surface area (Å²) in [6.45, 7) is 5.93. The third-order valence-electron chi connectivity index (χ3n) is 1.80. The Bertz CT molecular complexity index is 287. The second kappa shape index (κ2) is 4.23. The first-order chi connectivity index (χ1) is 6.11. The topological polar surface area (TPSA) is 38.1 Å². The minimum atomic E-state index is -0.407. The molecular weight excluding hydrogens is 164 g/mol. The first kappa shape index (κ1) is 9.99. The predicted octanol–water partition coefficient (Wildman–Crippen LogP) is 1.86. The van der Waals surface area contributed by atoms with Gasteiger partial charge < -0.3 is 9.67 Å². The highest BCUT2D eigenvalue weighted by Gasteiger charge is 2.01. The maximum atomic E-state index is 9.06. The second-order valence-corrected chi connectivity index (χ2v) is 3.42. The predicted molar refractivity (Wildman–Crippen MR) is 53.3 cm³/mol. The largest absolute Gasteiger partial charge is 0.389 e. The summed E-state index contributed by atoms with van der Waals surface area (Å²) in [5.74, 6) is 0. The fraction of sp³-hybridized carbons (Fsp3) is 0.500. The summed E-state index contributed by atoms with van der Waals surface area (Å²) in [4.78, 5) is 4.05. The van der Waals surface area contributed by atoms with Crippen LogP contribution in [0.15, 0.2) is 18.6 Å². The fourth-order valence-electron chi connectivity index (χ4n) is 1.11. The average molecular weight is 180 g/mol. The lowest BCUT2D eigenvalue weighted by atomic mass is 10.3. The van der Waals surface area contributed by atoms with E-state index < -0.39 is 6.10 Å². The molecule has 0 saturated carbocycles. The lowest BCUT2D eigenvalue weighted by molar-refractivity contribution is 0.245. The Labute approximate surface area is 78.7 Å². The SMILES string of the molecule is CC(O)/C=C/c1cncn1C(C)C. The van der Waals surface area contributed by atoms with Crippen molar-refractivity contribution in [2.24, 2.45) is 0 Å². The van der Waals surface area contributed by atoms with E-state index >= 15 is 0 Å². The van der Waals surface area contributed by atoms with E-state index in [1.165, 1.54) is 0 Å². The lowest BCUT2D eigenvalue weighted by Crippen LogP contribution is -2.01. The molecule has 0 amide bonds. The first-order valence-electron chi connectivity index (χ1n) is 4.49. The Balaban J connectivity index is 2.82. The van der Waals surface area contributed by atoms with Crippen LogP contribution in [0.1, 0.15) is 32.5 Å². The van der Waals surface area contributed by atoms with Gasteiger partial charge in [-0.05, 0) is 26.8 Å². The molecule has 1 aromatic rings. The summed E-state index contributed by atoms with van der Waals surface area (Å²) in [5.41, 5.74) is 1.02. The van der Waals surface area contributed by atoms with Gasteiger partial charge in [-0.25, -0.2) is 4.98 Å². The van der Waals surface area contributed by atoms with Gasteiger partial charge in [-0.3, -0.25) is 0 Å². The number of aliphatic hydroxyl groups is 1. The Hall–Kier alpha value is -1.09. The standard InChI is InChI=1S/C10H16N2O/c1-8(2)12-7-11-6-10(12)5-4-9(3)13/h4-9,13H,1-3H3/b5-4+. The molecule has 0 aliphatic carbocycles. The number of rotatable bonds is 3. The number of imidazole rings is 1. The van der Waals surface area contributed by atoms with Gasteiger partial charge in [-0.15, -0.1) is 0 Å². The Morgan fingerprint density at radius 1 is 1.46 bits per heavy atom. The van der Waals surface area contributed by atoms with Gasteiger partial charge in [0.15, 0.2) is 0 Å². The number of hydrogen-bond acceptors (Lipinski definition) is 2. The number of aliphatic hydroxyl groups excluding tert-OH is 1. The average Bonchev–Trinajstić information content (AvgIpc) is 2.47. The number of nitrogens with zero attached hydrogens (tertiary/aromatic N) is 2. The summed E-state index contributed by atoms with van der Waals surface area (Å²) < 4.78 is 2.05. The summed E-state index contributed by atoms with van der Waals surface area (Å²) in [7, 11) is 0. The monoisotopic (exact) mass is 180 g/mol. The van der Waals surface area contributed by atoms with Crippen LogP contribution in [0, 0.1) is 0 Å². The number of aromatic nitrogens is 2. The maximum absolute atomic E-state index is 9.06. The van der Waals surface area contributed by atoms with Crippen molar-refractivity contribution >= 4 is 6.08 Å². The molecule has 1 atom stereocenters. The summed E-state index contributed by atoms with van der Waals surface area (Å²) in [5, 5.41) is 9.06. The molecule has 1 heterocycles. The Morgan fingerprint density at radius 2 is 2.15 bits per heavy atom. The molecule has 0 fully saturated rings. The molecule has 3 heteroatoms. The normalized spacial score (nSPS) is 14.2. The fourth-order valence-corrected chi connectivity index (χ4v) is 1.11. The van der Waals surface area contributed by atoms with E-state index in [9.17, 15) is 0 Å². The molecule has 0 spiro atoms. The van der Waals surface area contributed by atoms with Gasteiger partial charge in [-0.1, -0.05) is 6.08 Å². The van der Waals surface area contributed by atoms with Crippen molar-refractivity contribution in [3.8, 4) is 0 Å². The van der Waals surface area contributed by atoms with Gasteiger partial charge in [0.1, 0.15) is 0 Å². The zero-order valence-electron chi connectivity index (χ0n) is 8.31. The number of hydrogen-bond donors (Lipinski definition) is 1. The molecule has 1 N–H and O–H groups in total. The molecule has 0 aromatic carbocycles. The van der Waals surface area contributed by atoms with Crippen LogP contribution in [0.3, 0.4) is 0 Å². The van der Waals surface area contributed by atoms with Crippen molar-refractivity contribution in [1.82, 2.24) is 9.55 Å². The van der Waals surface area contributed by atoms with Crippen LogP contribution in [-0.2, 0) is 0 Å². The molecule has 0 bridgehead atoms. The third-order valence-corrected chi connectivity index (χ3v) is 1.80. The van der Waals surface area contributed by atoms with Gasteiger partial charge in [0, 0.05) is 6.04 Å². The molecule has 0 aliphatic heterocycles. The molecule has 3 nitrogen and oxygen atoms in total. The first-order valence-corrected chi connectivity index (χ1v) is 4.49. The van der Waals surface area contributed by atoms with E-state index in [2.05, 4.69) is 23.4 Å². The van der Waals surface area contributed by atoms with E-state index in [1.807, 2.05) is 6.08 Å². The Morgan fingerprint density at radius 3 is 2.69 bits per heavy atom. The third kappa shape index (κ3) is 2.70. The van der Waals surface area contributed by atoms with E-state index in [0.29, 0.717) is 6.04 Å². The van der Waals surface area contributed by atoms with Gasteiger partial charge in [0.05, 0.1) is 24.3 Å². The highest BCUT2D eigenvalue weighted by molar-refractivity contribution is 5.44. The van der Waals surface area contributed by atoms with Gasteiger partial charge >= 0.3 is 0 Å². The molecular formula is C10H16N2O. The lowest BCUT2D eigenvalue weighted by Gasteiger charge is -2.08. The minimum absolute atomic E-state index is 0.399. The highest BCUT2D eigenvalue weighted by atomic mass is 16.3. The van der Waals surface area contributed by atoms with Crippen LogP contribution in [0.25, 0.3) is 6.08 Å². The molecule has 0 saturated heterocycles. The van der Waals surface area contributed by atoms with Crippen LogP contribution in [0.5, 0.6) is 0 Å². The molecule has 1 aromatic heterocycles. The molecule has 72 valence electrons. The van der Waals surface area contributed by atoms with Crippen molar-refractivity contribution < 1.29 is 5.11 Å². The zero-order valence-corrected chi connectivity index (χ0v) is 8.31. The molecule has 1 unspecified atom stereocenters. The molecule has 0 radical (unpaired) electrons. The quantitative estimate of drug-likeness (QED) is 0.771. The van der Waals surface area contributed by atoms with E-state index in [4.69, 9.17) is 5.11 Å². The van der Waals surface area contributed by atoms with Crippen LogP contribution in [0.2, 0.25) is 0 Å². The van der Waals surface area contributed by atoms with Crippen LogP contribution >= 0.6 is 0 Å².